The van der Waals surface area contributed by atoms with Gasteiger partial charge in [-0.15, -0.1) is 0 Å². The molecule has 1 amide bonds. The van der Waals surface area contributed by atoms with Crippen molar-refractivity contribution in [3.63, 3.8) is 0 Å². The Kier molecular flexibility index (Phi) is 11.8. The van der Waals surface area contributed by atoms with E-state index in [1.54, 1.807) is 0 Å². The van der Waals surface area contributed by atoms with Gasteiger partial charge in [0.15, 0.2) is 5.96 Å². The van der Waals surface area contributed by atoms with Crippen molar-refractivity contribution in [2.24, 2.45) is 11.7 Å². The molecule has 0 aliphatic carbocycles. The summed E-state index contributed by atoms with van der Waals surface area (Å²) < 4.78 is 0. The largest absolute Gasteiger partial charge is 0.370 e. The summed E-state index contributed by atoms with van der Waals surface area (Å²) in [5.74, 6) is 1.69. The maximum atomic E-state index is 12.1. The van der Waals surface area contributed by atoms with Gasteiger partial charge in [-0.1, -0.05) is 40.5 Å². The first-order valence-electron chi connectivity index (χ1n) is 8.54. The van der Waals surface area contributed by atoms with Gasteiger partial charge in [0, 0.05) is 13.0 Å². The van der Waals surface area contributed by atoms with Gasteiger partial charge in [-0.25, -0.2) is 0 Å². The van der Waals surface area contributed by atoms with Crippen molar-refractivity contribution in [2.75, 3.05) is 19.6 Å². The summed E-state index contributed by atoms with van der Waals surface area (Å²) in [6, 6.07) is 0. The van der Waals surface area contributed by atoms with Crippen LogP contribution in [0.2, 0.25) is 0 Å². The van der Waals surface area contributed by atoms with Crippen LogP contribution in [0.15, 0.2) is 0 Å². The lowest BCUT2D eigenvalue weighted by Crippen LogP contribution is -2.42. The van der Waals surface area contributed by atoms with Crippen LogP contribution >= 0.6 is 0 Å². The average Bonchev–Trinajstić information content (AvgIpc) is 2.42. The zero-order valence-electron chi connectivity index (χ0n) is 14.9. The molecule has 0 unspecified atom stereocenters. The van der Waals surface area contributed by atoms with Gasteiger partial charge >= 0.3 is 0 Å². The molecular formula is C17H35N4O. The fourth-order valence-electron chi connectivity index (χ4n) is 2.29. The number of unbranched alkanes of at least 4 members (excludes halogenated alkanes) is 2. The van der Waals surface area contributed by atoms with Crippen molar-refractivity contribution in [2.45, 2.75) is 66.2 Å². The number of guanidine groups is 1. The molecule has 1 radical (unpaired) electrons. The van der Waals surface area contributed by atoms with Crippen molar-refractivity contribution < 1.29 is 4.79 Å². The van der Waals surface area contributed by atoms with Crippen LogP contribution in [0.4, 0.5) is 0 Å². The number of carbonyl (C=O) groups excluding carboxylic acids is 1. The van der Waals surface area contributed by atoms with E-state index in [0.717, 1.165) is 32.4 Å². The zero-order chi connectivity index (χ0) is 17.0. The predicted molar refractivity (Wildman–Crippen MR) is 93.6 cm³/mol. The molecule has 0 aliphatic heterocycles. The van der Waals surface area contributed by atoms with Crippen LogP contribution in [0.3, 0.4) is 0 Å². The van der Waals surface area contributed by atoms with Gasteiger partial charge in [0.2, 0.25) is 5.91 Å². The highest BCUT2D eigenvalue weighted by Crippen LogP contribution is 2.16. The summed E-state index contributed by atoms with van der Waals surface area (Å²) in [4.78, 5) is 13.5. The SMILES string of the molecule is CCCN(C(=N)N)C(=O)C[C](C)CCCCCNCC(C)C. The highest BCUT2D eigenvalue weighted by atomic mass is 16.2. The normalized spacial score (nSPS) is 11.2. The van der Waals surface area contributed by atoms with E-state index in [1.165, 1.54) is 23.7 Å². The first-order valence-corrected chi connectivity index (χ1v) is 8.54. The monoisotopic (exact) mass is 311 g/mol. The van der Waals surface area contributed by atoms with Crippen LogP contribution in [0.25, 0.3) is 0 Å². The van der Waals surface area contributed by atoms with E-state index in [1.807, 2.05) is 13.8 Å². The number of nitrogens with two attached hydrogens (primary N) is 1. The van der Waals surface area contributed by atoms with Crippen molar-refractivity contribution in [1.82, 2.24) is 10.2 Å². The molecule has 0 saturated carbocycles. The Morgan fingerprint density at radius 1 is 1.27 bits per heavy atom. The quantitative estimate of drug-likeness (QED) is 0.294. The van der Waals surface area contributed by atoms with Crippen molar-refractivity contribution in [1.29, 1.82) is 5.41 Å². The third-order valence-electron chi connectivity index (χ3n) is 3.50. The van der Waals surface area contributed by atoms with E-state index in [2.05, 4.69) is 19.2 Å². The van der Waals surface area contributed by atoms with Crippen LogP contribution in [0.1, 0.15) is 66.2 Å². The van der Waals surface area contributed by atoms with Gasteiger partial charge in [0.25, 0.3) is 0 Å². The fourth-order valence-corrected chi connectivity index (χ4v) is 2.29. The molecular weight excluding hydrogens is 276 g/mol. The summed E-state index contributed by atoms with van der Waals surface area (Å²) in [6.45, 7) is 11.1. The van der Waals surface area contributed by atoms with Crippen LogP contribution in [-0.4, -0.2) is 36.4 Å². The number of rotatable bonds is 12. The Morgan fingerprint density at radius 2 is 1.95 bits per heavy atom. The lowest BCUT2D eigenvalue weighted by molar-refractivity contribution is -0.127. The molecule has 0 fully saturated rings. The number of nitrogens with zero attached hydrogens (tertiary/aromatic N) is 1. The minimum atomic E-state index is -0.143. The molecule has 129 valence electrons. The molecule has 0 atom stereocenters. The third-order valence-corrected chi connectivity index (χ3v) is 3.50. The molecule has 0 aromatic heterocycles. The van der Waals surface area contributed by atoms with E-state index in [-0.39, 0.29) is 11.9 Å². The molecule has 4 N–H and O–H groups in total. The van der Waals surface area contributed by atoms with E-state index in [9.17, 15) is 4.79 Å². The van der Waals surface area contributed by atoms with Crippen LogP contribution in [0.5, 0.6) is 0 Å². The van der Waals surface area contributed by atoms with Gasteiger partial charge in [-0.3, -0.25) is 15.1 Å². The van der Waals surface area contributed by atoms with E-state index in [0.29, 0.717) is 18.9 Å². The number of hydrogen-bond donors (Lipinski definition) is 3. The van der Waals surface area contributed by atoms with E-state index in [4.69, 9.17) is 11.1 Å². The summed E-state index contributed by atoms with van der Waals surface area (Å²) in [6.07, 6.45) is 5.69. The molecule has 0 rings (SSSR count). The Bertz CT molecular complexity index is 318. The molecule has 5 nitrogen and oxygen atoms in total. The molecule has 0 aromatic rings. The highest BCUT2D eigenvalue weighted by Gasteiger charge is 2.18. The van der Waals surface area contributed by atoms with Crippen molar-refractivity contribution >= 4 is 11.9 Å². The van der Waals surface area contributed by atoms with Gasteiger partial charge in [0.1, 0.15) is 0 Å². The average molecular weight is 311 g/mol. The Labute approximate surface area is 136 Å². The Balaban J connectivity index is 3.77. The number of hydrogen-bond acceptors (Lipinski definition) is 3. The van der Waals surface area contributed by atoms with Gasteiger partial charge in [0.05, 0.1) is 0 Å². The fraction of sp³-hybridized carbons (Fsp3) is 0.824. The molecule has 0 heterocycles. The zero-order valence-corrected chi connectivity index (χ0v) is 14.9. The Hall–Kier alpha value is -1.10. The van der Waals surface area contributed by atoms with E-state index >= 15 is 0 Å². The lowest BCUT2D eigenvalue weighted by Gasteiger charge is -2.21. The second-order valence-corrected chi connectivity index (χ2v) is 6.47. The molecule has 0 aromatic carbocycles. The van der Waals surface area contributed by atoms with Gasteiger partial charge in [-0.05, 0) is 44.2 Å². The second-order valence-electron chi connectivity index (χ2n) is 6.47. The van der Waals surface area contributed by atoms with E-state index < -0.39 is 0 Å². The third kappa shape index (κ3) is 10.6. The smallest absolute Gasteiger partial charge is 0.229 e. The topological polar surface area (TPSA) is 82.2 Å². The summed E-state index contributed by atoms with van der Waals surface area (Å²) in [5, 5.41) is 10.9. The molecule has 0 aliphatic rings. The maximum Gasteiger partial charge on any atom is 0.229 e. The molecule has 5 heteroatoms. The summed E-state index contributed by atoms with van der Waals surface area (Å²) in [7, 11) is 0. The van der Waals surface area contributed by atoms with Gasteiger partial charge < -0.3 is 11.1 Å². The minimum Gasteiger partial charge on any atom is -0.370 e. The van der Waals surface area contributed by atoms with Crippen LogP contribution in [0, 0.1) is 17.2 Å². The highest BCUT2D eigenvalue weighted by molar-refractivity contribution is 5.95. The van der Waals surface area contributed by atoms with Crippen LogP contribution in [-0.2, 0) is 4.79 Å². The molecule has 0 saturated heterocycles. The van der Waals surface area contributed by atoms with Crippen molar-refractivity contribution in [3.8, 4) is 0 Å². The number of amides is 1. The second kappa shape index (κ2) is 12.4. The Morgan fingerprint density at radius 3 is 2.50 bits per heavy atom. The summed E-state index contributed by atoms with van der Waals surface area (Å²) in [5.41, 5.74) is 5.46. The van der Waals surface area contributed by atoms with Gasteiger partial charge in [-0.2, -0.15) is 0 Å². The minimum absolute atomic E-state index is 0.0505. The molecule has 0 bridgehead atoms. The number of nitrogens with one attached hydrogen (secondary N) is 2. The lowest BCUT2D eigenvalue weighted by atomic mass is 9.99. The maximum absolute atomic E-state index is 12.1. The summed E-state index contributed by atoms with van der Waals surface area (Å²) >= 11 is 0. The van der Waals surface area contributed by atoms with Crippen molar-refractivity contribution in [3.05, 3.63) is 5.92 Å². The first kappa shape index (κ1) is 20.9. The molecule has 0 spiro atoms. The molecule has 22 heavy (non-hydrogen) atoms. The number of carbonyl (C=O) groups is 1. The predicted octanol–water partition coefficient (Wildman–Crippen LogP) is 2.91. The first-order chi connectivity index (χ1) is 10.4. The van der Waals surface area contributed by atoms with Crippen LogP contribution < -0.4 is 11.1 Å². The standard InChI is InChI=1S/C17H35N4O/c1-5-11-21(17(18)19)16(22)12-15(4)9-7-6-8-10-20-13-14(2)3/h14,20H,5-13H2,1-4H3,(H3,18,19).